The molecule has 0 unspecified atom stereocenters. The van der Waals surface area contributed by atoms with Gasteiger partial charge in [0.25, 0.3) is 0 Å². The Morgan fingerprint density at radius 2 is 1.75 bits per heavy atom. The summed E-state index contributed by atoms with van der Waals surface area (Å²) in [6.07, 6.45) is -0.263. The van der Waals surface area contributed by atoms with Crippen LogP contribution in [0.1, 0.15) is 5.56 Å². The fraction of sp³-hybridized carbons (Fsp3) is 0.455. The first-order chi connectivity index (χ1) is 7.69. The highest BCUT2D eigenvalue weighted by Gasteiger charge is 2.07. The molecule has 1 aromatic carbocycles. The second kappa shape index (κ2) is 7.09. The number of halogens is 2. The first kappa shape index (κ1) is 13.7. The third-order valence-electron chi connectivity index (χ3n) is 2.20. The van der Waals surface area contributed by atoms with E-state index in [-0.39, 0.29) is 6.29 Å². The van der Waals surface area contributed by atoms with Crippen molar-refractivity contribution >= 4 is 23.2 Å². The van der Waals surface area contributed by atoms with E-state index in [0.29, 0.717) is 23.1 Å². The van der Waals surface area contributed by atoms with Crippen molar-refractivity contribution in [2.45, 2.75) is 12.8 Å². The van der Waals surface area contributed by atoms with Crippen LogP contribution >= 0.6 is 23.2 Å². The van der Waals surface area contributed by atoms with E-state index in [1.165, 1.54) is 0 Å². The highest BCUT2D eigenvalue weighted by atomic mass is 35.5. The second-order valence-electron chi connectivity index (χ2n) is 3.23. The average Bonchev–Trinajstić information content (AvgIpc) is 2.28. The molecule has 16 heavy (non-hydrogen) atoms. The smallest absolute Gasteiger partial charge is 0.169 e. The van der Waals surface area contributed by atoms with Crippen LogP contribution in [0.5, 0.6) is 0 Å². The normalized spacial score (nSPS) is 11.1. The molecule has 0 spiro atoms. The molecule has 5 heteroatoms. The van der Waals surface area contributed by atoms with Crippen LogP contribution in [-0.4, -0.2) is 27.1 Å². The van der Waals surface area contributed by atoms with Gasteiger partial charge >= 0.3 is 0 Å². The first-order valence-corrected chi connectivity index (χ1v) is 5.63. The molecule has 0 heterocycles. The molecule has 1 rings (SSSR count). The van der Waals surface area contributed by atoms with Crippen LogP contribution in [0, 0.1) is 0 Å². The Bertz CT molecular complexity index is 310. The Balaban J connectivity index is 2.48. The molecule has 0 aliphatic carbocycles. The summed E-state index contributed by atoms with van der Waals surface area (Å²) in [4.78, 5) is 0. The number of hydrogen-bond donors (Lipinski definition) is 1. The fourth-order valence-corrected chi connectivity index (χ4v) is 1.81. The van der Waals surface area contributed by atoms with E-state index < -0.39 is 0 Å². The summed E-state index contributed by atoms with van der Waals surface area (Å²) in [6, 6.07) is 5.45. The number of methoxy groups -OCH3 is 2. The largest absolute Gasteiger partial charge is 0.355 e. The molecule has 1 aromatic rings. The molecule has 0 bridgehead atoms. The van der Waals surface area contributed by atoms with E-state index in [9.17, 15) is 0 Å². The van der Waals surface area contributed by atoms with Gasteiger partial charge in [0.05, 0.1) is 0 Å². The molecule has 0 aromatic heterocycles. The average molecular weight is 264 g/mol. The van der Waals surface area contributed by atoms with Gasteiger partial charge in [0.15, 0.2) is 6.29 Å². The number of ether oxygens (including phenoxy) is 2. The van der Waals surface area contributed by atoms with Gasteiger partial charge in [-0.1, -0.05) is 29.3 Å². The van der Waals surface area contributed by atoms with E-state index in [2.05, 4.69) is 5.32 Å². The van der Waals surface area contributed by atoms with E-state index in [1.54, 1.807) is 14.2 Å². The maximum absolute atomic E-state index is 6.03. The zero-order valence-electron chi connectivity index (χ0n) is 9.30. The third kappa shape index (κ3) is 3.92. The minimum Gasteiger partial charge on any atom is -0.355 e. The van der Waals surface area contributed by atoms with Crippen molar-refractivity contribution in [2.75, 3.05) is 20.8 Å². The summed E-state index contributed by atoms with van der Waals surface area (Å²) in [7, 11) is 3.19. The van der Waals surface area contributed by atoms with Crippen molar-refractivity contribution in [3.63, 3.8) is 0 Å². The number of hydrogen-bond acceptors (Lipinski definition) is 3. The molecule has 0 aliphatic rings. The van der Waals surface area contributed by atoms with Gasteiger partial charge in [0.2, 0.25) is 0 Å². The Kier molecular flexibility index (Phi) is 6.09. The van der Waals surface area contributed by atoms with E-state index in [1.807, 2.05) is 18.2 Å². The predicted octanol–water partition coefficient (Wildman–Crippen LogP) is 2.70. The molecule has 0 amide bonds. The molecule has 0 aliphatic heterocycles. The minimum atomic E-state index is -0.263. The van der Waals surface area contributed by atoms with Crippen molar-refractivity contribution in [1.29, 1.82) is 0 Å². The second-order valence-corrected chi connectivity index (χ2v) is 4.05. The topological polar surface area (TPSA) is 30.5 Å². The molecular formula is C11H15Cl2NO2. The van der Waals surface area contributed by atoms with Crippen LogP contribution < -0.4 is 5.32 Å². The molecule has 3 nitrogen and oxygen atoms in total. The lowest BCUT2D eigenvalue weighted by atomic mass is 10.2. The molecule has 0 radical (unpaired) electrons. The maximum atomic E-state index is 6.03. The van der Waals surface area contributed by atoms with Gasteiger partial charge in [0, 0.05) is 42.9 Å². The van der Waals surface area contributed by atoms with E-state index >= 15 is 0 Å². The first-order valence-electron chi connectivity index (χ1n) is 4.88. The number of nitrogens with one attached hydrogen (secondary N) is 1. The monoisotopic (exact) mass is 263 g/mol. The number of rotatable bonds is 6. The van der Waals surface area contributed by atoms with Crippen LogP contribution in [0.2, 0.25) is 10.0 Å². The van der Waals surface area contributed by atoms with Gasteiger partial charge in [0.1, 0.15) is 0 Å². The van der Waals surface area contributed by atoms with Crippen LogP contribution in [0.25, 0.3) is 0 Å². The zero-order valence-corrected chi connectivity index (χ0v) is 10.8. The highest BCUT2D eigenvalue weighted by molar-refractivity contribution is 6.35. The van der Waals surface area contributed by atoms with Gasteiger partial charge in [-0.25, -0.2) is 0 Å². The summed E-state index contributed by atoms with van der Waals surface area (Å²) >= 11 is 12.1. The summed E-state index contributed by atoms with van der Waals surface area (Å²) in [6.45, 7) is 1.16. The summed E-state index contributed by atoms with van der Waals surface area (Å²) in [5, 5.41) is 4.48. The predicted molar refractivity (Wildman–Crippen MR) is 66.0 cm³/mol. The lowest BCUT2D eigenvalue weighted by Crippen LogP contribution is -2.29. The van der Waals surface area contributed by atoms with Gasteiger partial charge < -0.3 is 14.8 Å². The van der Waals surface area contributed by atoms with Crippen molar-refractivity contribution in [1.82, 2.24) is 5.32 Å². The Morgan fingerprint density at radius 3 is 2.25 bits per heavy atom. The van der Waals surface area contributed by atoms with Crippen LogP contribution in [0.3, 0.4) is 0 Å². The molecule has 90 valence electrons. The summed E-state index contributed by atoms with van der Waals surface area (Å²) in [5.41, 5.74) is 0.886. The fourth-order valence-electron chi connectivity index (χ4n) is 1.28. The third-order valence-corrected chi connectivity index (χ3v) is 2.91. The molecule has 0 saturated carbocycles. The van der Waals surface area contributed by atoms with Crippen LogP contribution in [-0.2, 0) is 16.0 Å². The maximum Gasteiger partial charge on any atom is 0.169 e. The zero-order chi connectivity index (χ0) is 12.0. The van der Waals surface area contributed by atoms with E-state index in [4.69, 9.17) is 32.7 Å². The standard InChI is InChI=1S/C11H15Cl2NO2/c1-15-11(16-2)7-14-6-8-9(12)4-3-5-10(8)13/h3-5,11,14H,6-7H2,1-2H3. The van der Waals surface area contributed by atoms with Crippen molar-refractivity contribution in [2.24, 2.45) is 0 Å². The van der Waals surface area contributed by atoms with Gasteiger partial charge in [-0.3, -0.25) is 0 Å². The van der Waals surface area contributed by atoms with E-state index in [0.717, 1.165) is 5.56 Å². The lowest BCUT2D eigenvalue weighted by Gasteiger charge is -2.14. The van der Waals surface area contributed by atoms with Gasteiger partial charge in [-0.15, -0.1) is 0 Å². The highest BCUT2D eigenvalue weighted by Crippen LogP contribution is 2.23. The lowest BCUT2D eigenvalue weighted by molar-refractivity contribution is -0.0989. The SMILES string of the molecule is COC(CNCc1c(Cl)cccc1Cl)OC. The minimum absolute atomic E-state index is 0.263. The molecule has 0 atom stereocenters. The summed E-state index contributed by atoms with van der Waals surface area (Å²) < 4.78 is 10.1. The van der Waals surface area contributed by atoms with Crippen molar-refractivity contribution in [3.8, 4) is 0 Å². The number of benzene rings is 1. The Labute approximate surface area is 106 Å². The Morgan fingerprint density at radius 1 is 1.19 bits per heavy atom. The quantitative estimate of drug-likeness (QED) is 0.801. The van der Waals surface area contributed by atoms with Gasteiger partial charge in [-0.05, 0) is 12.1 Å². The van der Waals surface area contributed by atoms with Crippen molar-refractivity contribution in [3.05, 3.63) is 33.8 Å². The molecule has 0 fully saturated rings. The summed E-state index contributed by atoms with van der Waals surface area (Å²) in [5.74, 6) is 0. The molecule has 0 saturated heterocycles. The Hall–Kier alpha value is -0.320. The van der Waals surface area contributed by atoms with Crippen LogP contribution in [0.4, 0.5) is 0 Å². The van der Waals surface area contributed by atoms with Crippen molar-refractivity contribution < 1.29 is 9.47 Å². The van der Waals surface area contributed by atoms with Gasteiger partial charge in [-0.2, -0.15) is 0 Å². The van der Waals surface area contributed by atoms with Crippen LogP contribution in [0.15, 0.2) is 18.2 Å². The molecule has 1 N–H and O–H groups in total. The molecular weight excluding hydrogens is 249 g/mol.